The zero-order chi connectivity index (χ0) is 25.1. The van der Waals surface area contributed by atoms with Gasteiger partial charge in [0.05, 0.1) is 12.8 Å². The standard InChI is InChI=1S/C24H27ClN6O4/c1-15-6-4-5-7-19(15)35-14-18(32)13-31-20-21(29(2)24(34)30(3)22(20)33)27-23(31)28-26-12-16-8-10-17(25)11-9-16/h4-12,18,20-21,32H,13-14H2,1-3H3,(H,27,28)/b26-12+. The minimum atomic E-state index is -0.943. The number of nitrogens with one attached hydrogen (secondary N) is 1. The maximum absolute atomic E-state index is 13.0. The van der Waals surface area contributed by atoms with E-state index in [1.807, 2.05) is 31.2 Å². The Morgan fingerprint density at radius 2 is 1.91 bits per heavy atom. The fraction of sp³-hybridized carbons (Fsp3) is 0.333. The van der Waals surface area contributed by atoms with E-state index in [9.17, 15) is 14.7 Å². The van der Waals surface area contributed by atoms with Gasteiger partial charge in [-0.05, 0) is 36.2 Å². The first-order valence-electron chi connectivity index (χ1n) is 11.1. The second-order valence-electron chi connectivity index (χ2n) is 8.41. The molecule has 0 bridgehead atoms. The second-order valence-corrected chi connectivity index (χ2v) is 8.84. The number of ether oxygens (including phenoxy) is 1. The molecule has 2 aromatic carbocycles. The van der Waals surface area contributed by atoms with Crippen molar-refractivity contribution in [3.63, 3.8) is 0 Å². The number of carbonyl (C=O) groups is 2. The quantitative estimate of drug-likeness (QED) is 0.445. The molecule has 2 heterocycles. The van der Waals surface area contributed by atoms with Crippen LogP contribution in [0.15, 0.2) is 58.6 Å². The molecule has 2 N–H and O–H groups in total. The van der Waals surface area contributed by atoms with Crippen LogP contribution in [0.4, 0.5) is 4.79 Å². The topological polar surface area (TPSA) is 110 Å². The third-order valence-corrected chi connectivity index (χ3v) is 6.15. The van der Waals surface area contributed by atoms with Gasteiger partial charge in [0.2, 0.25) is 5.96 Å². The van der Waals surface area contributed by atoms with Gasteiger partial charge in [0.15, 0.2) is 12.2 Å². The SMILES string of the molecule is Cc1ccccc1OCC(O)CN1C(N/N=C/c2ccc(Cl)cc2)=NC2C1C(=O)N(C)C(=O)N2C. The van der Waals surface area contributed by atoms with Crippen LogP contribution in [0.2, 0.25) is 5.02 Å². The van der Waals surface area contributed by atoms with Crippen molar-refractivity contribution in [1.29, 1.82) is 0 Å². The Balaban J connectivity index is 1.51. The Morgan fingerprint density at radius 1 is 1.20 bits per heavy atom. The summed E-state index contributed by atoms with van der Waals surface area (Å²) in [5, 5.41) is 15.6. The number of guanidine groups is 1. The monoisotopic (exact) mass is 498 g/mol. The number of imide groups is 1. The zero-order valence-corrected chi connectivity index (χ0v) is 20.4. The number of halogens is 1. The van der Waals surface area contributed by atoms with Gasteiger partial charge >= 0.3 is 6.03 Å². The summed E-state index contributed by atoms with van der Waals surface area (Å²) < 4.78 is 5.78. The van der Waals surface area contributed by atoms with Crippen LogP contribution in [0.25, 0.3) is 0 Å². The van der Waals surface area contributed by atoms with E-state index in [4.69, 9.17) is 16.3 Å². The molecular weight excluding hydrogens is 472 g/mol. The molecule has 0 radical (unpaired) electrons. The molecule has 3 amide bonds. The van der Waals surface area contributed by atoms with Crippen LogP contribution >= 0.6 is 11.6 Å². The highest BCUT2D eigenvalue weighted by Crippen LogP contribution is 2.27. The Kier molecular flexibility index (Phi) is 7.23. The van der Waals surface area contributed by atoms with Gasteiger partial charge in [0, 0.05) is 19.1 Å². The third-order valence-electron chi connectivity index (χ3n) is 5.89. The Labute approximate surface area is 208 Å². The lowest BCUT2D eigenvalue weighted by atomic mass is 10.1. The summed E-state index contributed by atoms with van der Waals surface area (Å²) in [6.07, 6.45) is -0.106. The Morgan fingerprint density at radius 3 is 2.63 bits per heavy atom. The number of hydrazone groups is 1. The highest BCUT2D eigenvalue weighted by atomic mass is 35.5. The number of aliphatic imine (C=N–C) groups is 1. The van der Waals surface area contributed by atoms with E-state index < -0.39 is 30.2 Å². The molecule has 1 saturated heterocycles. The van der Waals surface area contributed by atoms with Crippen molar-refractivity contribution >= 4 is 35.7 Å². The highest BCUT2D eigenvalue weighted by molar-refractivity contribution is 6.30. The van der Waals surface area contributed by atoms with Crippen LogP contribution in [0.5, 0.6) is 5.75 Å². The molecule has 184 valence electrons. The number of aryl methyl sites for hydroxylation is 1. The average Bonchev–Trinajstić information content (AvgIpc) is 3.20. The van der Waals surface area contributed by atoms with E-state index in [0.717, 1.165) is 16.0 Å². The van der Waals surface area contributed by atoms with Crippen molar-refractivity contribution in [1.82, 2.24) is 20.1 Å². The van der Waals surface area contributed by atoms with Gasteiger partial charge in [-0.3, -0.25) is 9.69 Å². The van der Waals surface area contributed by atoms with Crippen molar-refractivity contribution in [2.24, 2.45) is 10.1 Å². The molecule has 3 unspecified atom stereocenters. The molecule has 2 aliphatic heterocycles. The lowest BCUT2D eigenvalue weighted by molar-refractivity contribution is -0.136. The van der Waals surface area contributed by atoms with Crippen molar-refractivity contribution in [3.05, 3.63) is 64.7 Å². The van der Waals surface area contributed by atoms with Crippen molar-refractivity contribution < 1.29 is 19.4 Å². The predicted octanol–water partition coefficient (Wildman–Crippen LogP) is 1.90. The molecule has 3 atom stereocenters. The van der Waals surface area contributed by atoms with Crippen LogP contribution in [0.3, 0.4) is 0 Å². The number of carbonyl (C=O) groups excluding carboxylic acids is 2. The summed E-state index contributed by atoms with van der Waals surface area (Å²) in [6, 6.07) is 13.4. The number of β-amino-alcohol motifs (C(OH)–C–C–N with tert-alkyl or cyclic N) is 1. The van der Waals surface area contributed by atoms with Crippen LogP contribution in [-0.4, -0.2) is 89.5 Å². The first kappa shape index (κ1) is 24.5. The van der Waals surface area contributed by atoms with Crippen molar-refractivity contribution in [2.75, 3.05) is 27.2 Å². The predicted molar refractivity (Wildman–Crippen MR) is 133 cm³/mol. The third kappa shape index (κ3) is 5.23. The molecule has 2 aromatic rings. The van der Waals surface area contributed by atoms with E-state index in [2.05, 4.69) is 15.5 Å². The fourth-order valence-electron chi connectivity index (χ4n) is 3.96. The molecule has 2 aliphatic rings. The minimum Gasteiger partial charge on any atom is -0.491 e. The summed E-state index contributed by atoms with van der Waals surface area (Å²) in [4.78, 5) is 34.1. The first-order chi connectivity index (χ1) is 16.8. The Hall–Kier alpha value is -3.63. The van der Waals surface area contributed by atoms with Crippen LogP contribution < -0.4 is 10.2 Å². The maximum Gasteiger partial charge on any atom is 0.328 e. The number of hydrogen-bond donors (Lipinski definition) is 2. The van der Waals surface area contributed by atoms with E-state index >= 15 is 0 Å². The number of rotatable bonds is 7. The number of aliphatic hydroxyl groups excluding tert-OH is 1. The van der Waals surface area contributed by atoms with E-state index in [1.165, 1.54) is 11.9 Å². The van der Waals surface area contributed by atoms with Gasteiger partial charge in [0.1, 0.15) is 18.5 Å². The Bertz CT molecular complexity index is 1150. The van der Waals surface area contributed by atoms with Crippen LogP contribution in [0, 0.1) is 6.92 Å². The second kappa shape index (κ2) is 10.3. The smallest absolute Gasteiger partial charge is 0.328 e. The summed E-state index contributed by atoms with van der Waals surface area (Å²) >= 11 is 5.92. The molecule has 4 rings (SSSR count). The minimum absolute atomic E-state index is 0.0128. The van der Waals surface area contributed by atoms with Crippen LogP contribution in [-0.2, 0) is 4.79 Å². The molecule has 0 spiro atoms. The lowest BCUT2D eigenvalue weighted by Crippen LogP contribution is -2.65. The van der Waals surface area contributed by atoms with Gasteiger partial charge in [-0.15, -0.1) is 0 Å². The number of fused-ring (bicyclic) bond motifs is 1. The maximum atomic E-state index is 13.0. The first-order valence-corrected chi connectivity index (χ1v) is 11.4. The number of benzene rings is 2. The van der Waals surface area contributed by atoms with E-state index in [-0.39, 0.29) is 19.1 Å². The largest absolute Gasteiger partial charge is 0.491 e. The summed E-state index contributed by atoms with van der Waals surface area (Å²) in [5.74, 6) is 0.528. The number of aliphatic hydroxyl groups is 1. The number of likely N-dealkylation sites (N-methyl/N-ethyl adjacent to an activating group) is 2. The number of hydrogen-bond acceptors (Lipinski definition) is 8. The van der Waals surface area contributed by atoms with Crippen LogP contribution in [0.1, 0.15) is 11.1 Å². The average molecular weight is 499 g/mol. The number of nitrogens with zero attached hydrogens (tertiary/aromatic N) is 5. The van der Waals surface area contributed by atoms with Gasteiger partial charge < -0.3 is 19.6 Å². The molecule has 1 fully saturated rings. The fourth-order valence-corrected chi connectivity index (χ4v) is 4.08. The van der Waals surface area contributed by atoms with Gasteiger partial charge in [0.25, 0.3) is 5.91 Å². The van der Waals surface area contributed by atoms with Gasteiger partial charge in [-0.2, -0.15) is 5.10 Å². The number of amides is 3. The molecule has 0 saturated carbocycles. The molecule has 11 heteroatoms. The molecule has 0 aliphatic carbocycles. The number of urea groups is 1. The molecule has 0 aromatic heterocycles. The van der Waals surface area contributed by atoms with Crippen molar-refractivity contribution in [2.45, 2.75) is 25.2 Å². The van der Waals surface area contributed by atoms with E-state index in [1.54, 1.807) is 42.4 Å². The zero-order valence-electron chi connectivity index (χ0n) is 19.6. The normalized spacial score (nSPS) is 20.8. The number of para-hydroxylation sites is 1. The molecule has 10 nitrogen and oxygen atoms in total. The lowest BCUT2D eigenvalue weighted by Gasteiger charge is -2.40. The van der Waals surface area contributed by atoms with Gasteiger partial charge in [-0.25, -0.2) is 15.2 Å². The molecule has 35 heavy (non-hydrogen) atoms. The van der Waals surface area contributed by atoms with Crippen molar-refractivity contribution in [3.8, 4) is 5.75 Å². The highest BCUT2D eigenvalue weighted by Gasteiger charge is 2.51. The molecular formula is C24H27ClN6O4. The summed E-state index contributed by atoms with van der Waals surface area (Å²) in [7, 11) is 3.01. The van der Waals surface area contributed by atoms with Gasteiger partial charge in [-0.1, -0.05) is 41.9 Å². The van der Waals surface area contributed by atoms with E-state index in [0.29, 0.717) is 10.8 Å². The summed E-state index contributed by atoms with van der Waals surface area (Å²) in [5.41, 5.74) is 4.62. The summed E-state index contributed by atoms with van der Waals surface area (Å²) in [6.45, 7) is 1.97.